The molecule has 1 aromatic carbocycles. The van der Waals surface area contributed by atoms with E-state index in [1.807, 2.05) is 6.92 Å². The number of rotatable bonds is 6. The van der Waals surface area contributed by atoms with Crippen LogP contribution in [0, 0.1) is 0 Å². The van der Waals surface area contributed by atoms with Gasteiger partial charge in [-0.15, -0.1) is 0 Å². The summed E-state index contributed by atoms with van der Waals surface area (Å²) in [6.07, 6.45) is 2.00. The number of phenolic OH excluding ortho intramolecular Hbond substituents is 1. The Morgan fingerprint density at radius 3 is 2.67 bits per heavy atom. The van der Waals surface area contributed by atoms with Gasteiger partial charge in [-0.3, -0.25) is 4.79 Å². The van der Waals surface area contributed by atoms with Crippen molar-refractivity contribution in [3.63, 3.8) is 0 Å². The first kappa shape index (κ1) is 14.4. The van der Waals surface area contributed by atoms with E-state index in [0.29, 0.717) is 24.4 Å². The zero-order valence-electron chi connectivity index (χ0n) is 11.3. The third-order valence-electron chi connectivity index (χ3n) is 2.90. The lowest BCUT2D eigenvalue weighted by molar-refractivity contribution is 0.0758. The van der Waals surface area contributed by atoms with Gasteiger partial charge in [0.15, 0.2) is 11.5 Å². The van der Waals surface area contributed by atoms with Gasteiger partial charge in [-0.2, -0.15) is 0 Å². The minimum Gasteiger partial charge on any atom is -0.504 e. The standard InChI is InChI=1S/C14H21NO3/c1-4-6-10-15(5-2)14(17)11-8-7-9-12(18-3)13(11)16/h7-9,16H,4-6,10H2,1-3H3. The Morgan fingerprint density at radius 1 is 1.39 bits per heavy atom. The van der Waals surface area contributed by atoms with Crippen molar-refractivity contribution in [2.45, 2.75) is 26.7 Å². The van der Waals surface area contributed by atoms with Gasteiger partial charge in [-0.05, 0) is 25.5 Å². The van der Waals surface area contributed by atoms with Gasteiger partial charge in [0.1, 0.15) is 0 Å². The lowest BCUT2D eigenvalue weighted by atomic mass is 10.1. The van der Waals surface area contributed by atoms with Crippen molar-refractivity contribution < 1.29 is 14.6 Å². The molecule has 0 spiro atoms. The van der Waals surface area contributed by atoms with Crippen molar-refractivity contribution in [3.05, 3.63) is 23.8 Å². The van der Waals surface area contributed by atoms with Crippen LogP contribution in [0.4, 0.5) is 0 Å². The molecule has 0 bridgehead atoms. The van der Waals surface area contributed by atoms with Crippen molar-refractivity contribution >= 4 is 5.91 Å². The average Bonchev–Trinajstić information content (AvgIpc) is 2.39. The number of hydrogen-bond donors (Lipinski definition) is 1. The molecule has 0 saturated carbocycles. The van der Waals surface area contributed by atoms with Crippen LogP contribution >= 0.6 is 0 Å². The fourth-order valence-corrected chi connectivity index (χ4v) is 1.78. The molecule has 0 saturated heterocycles. The summed E-state index contributed by atoms with van der Waals surface area (Å²) < 4.78 is 5.01. The highest BCUT2D eigenvalue weighted by molar-refractivity contribution is 5.97. The van der Waals surface area contributed by atoms with E-state index in [0.717, 1.165) is 12.8 Å². The van der Waals surface area contributed by atoms with Crippen LogP contribution in [0.25, 0.3) is 0 Å². The number of aromatic hydroxyl groups is 1. The third-order valence-corrected chi connectivity index (χ3v) is 2.90. The summed E-state index contributed by atoms with van der Waals surface area (Å²) in [5, 5.41) is 9.96. The molecule has 4 nitrogen and oxygen atoms in total. The van der Waals surface area contributed by atoms with Crippen LogP contribution in [0.5, 0.6) is 11.5 Å². The number of para-hydroxylation sites is 1. The van der Waals surface area contributed by atoms with Crippen LogP contribution < -0.4 is 4.74 Å². The third kappa shape index (κ3) is 3.15. The zero-order chi connectivity index (χ0) is 13.5. The number of nitrogens with zero attached hydrogens (tertiary/aromatic N) is 1. The number of amides is 1. The van der Waals surface area contributed by atoms with E-state index >= 15 is 0 Å². The maximum absolute atomic E-state index is 12.3. The first-order valence-corrected chi connectivity index (χ1v) is 6.30. The normalized spacial score (nSPS) is 10.2. The average molecular weight is 251 g/mol. The van der Waals surface area contributed by atoms with Gasteiger partial charge < -0.3 is 14.7 Å². The number of carbonyl (C=O) groups is 1. The minimum atomic E-state index is -0.151. The highest BCUT2D eigenvalue weighted by atomic mass is 16.5. The SMILES string of the molecule is CCCCN(CC)C(=O)c1cccc(OC)c1O. The summed E-state index contributed by atoms with van der Waals surface area (Å²) in [5.41, 5.74) is 0.298. The molecule has 18 heavy (non-hydrogen) atoms. The predicted octanol–water partition coefficient (Wildman–Crippen LogP) is 2.66. The molecule has 1 N–H and O–H groups in total. The maximum Gasteiger partial charge on any atom is 0.257 e. The summed E-state index contributed by atoms with van der Waals surface area (Å²) in [7, 11) is 1.47. The number of unbranched alkanes of at least 4 members (excludes halogenated alkanes) is 1. The van der Waals surface area contributed by atoms with Crippen LogP contribution in [0.3, 0.4) is 0 Å². The van der Waals surface area contributed by atoms with Gasteiger partial charge in [0.05, 0.1) is 12.7 Å². The Kier molecular flexibility index (Phi) is 5.49. The Labute approximate surface area is 108 Å². The number of phenols is 1. The molecular formula is C14H21NO3. The number of carbonyl (C=O) groups excluding carboxylic acids is 1. The number of methoxy groups -OCH3 is 1. The fraction of sp³-hybridized carbons (Fsp3) is 0.500. The lowest BCUT2D eigenvalue weighted by Crippen LogP contribution is -2.31. The second kappa shape index (κ2) is 6.89. The monoisotopic (exact) mass is 251 g/mol. The summed E-state index contributed by atoms with van der Waals surface area (Å²) in [5.74, 6) is 0.0923. The molecule has 4 heteroatoms. The largest absolute Gasteiger partial charge is 0.504 e. The van der Waals surface area contributed by atoms with E-state index in [1.54, 1.807) is 23.1 Å². The van der Waals surface area contributed by atoms with Gasteiger partial charge >= 0.3 is 0 Å². The molecule has 0 aliphatic carbocycles. The number of hydrogen-bond acceptors (Lipinski definition) is 3. The predicted molar refractivity (Wildman–Crippen MR) is 71.1 cm³/mol. The Morgan fingerprint density at radius 2 is 2.11 bits per heavy atom. The first-order valence-electron chi connectivity index (χ1n) is 6.30. The highest BCUT2D eigenvalue weighted by Crippen LogP contribution is 2.30. The lowest BCUT2D eigenvalue weighted by Gasteiger charge is -2.21. The molecule has 0 aliphatic rings. The molecule has 0 atom stereocenters. The summed E-state index contributed by atoms with van der Waals surface area (Å²) >= 11 is 0. The van der Waals surface area contributed by atoms with Gasteiger partial charge in [0, 0.05) is 13.1 Å². The van der Waals surface area contributed by atoms with E-state index in [9.17, 15) is 9.90 Å². The molecular weight excluding hydrogens is 230 g/mol. The van der Waals surface area contributed by atoms with Crippen molar-refractivity contribution in [3.8, 4) is 11.5 Å². The molecule has 1 aromatic rings. The molecule has 1 amide bonds. The van der Waals surface area contributed by atoms with Crippen molar-refractivity contribution in [1.29, 1.82) is 0 Å². The van der Waals surface area contributed by atoms with Crippen molar-refractivity contribution in [2.75, 3.05) is 20.2 Å². The second-order valence-corrected chi connectivity index (χ2v) is 4.09. The molecule has 1 rings (SSSR count). The zero-order valence-corrected chi connectivity index (χ0v) is 11.3. The topological polar surface area (TPSA) is 49.8 Å². The summed E-state index contributed by atoms with van der Waals surface area (Å²) in [6.45, 7) is 5.37. The van der Waals surface area contributed by atoms with E-state index in [2.05, 4.69) is 6.92 Å². The fourth-order valence-electron chi connectivity index (χ4n) is 1.78. The molecule has 0 radical (unpaired) electrons. The number of ether oxygens (including phenoxy) is 1. The molecule has 0 heterocycles. The van der Waals surface area contributed by atoms with Gasteiger partial charge in [0.2, 0.25) is 0 Å². The summed E-state index contributed by atoms with van der Waals surface area (Å²) in [4.78, 5) is 14.0. The quantitative estimate of drug-likeness (QED) is 0.845. The van der Waals surface area contributed by atoms with Crippen LogP contribution in [-0.2, 0) is 0 Å². The minimum absolute atomic E-state index is 0.0834. The van der Waals surface area contributed by atoms with Gasteiger partial charge in [-0.25, -0.2) is 0 Å². The van der Waals surface area contributed by atoms with Gasteiger partial charge in [-0.1, -0.05) is 19.4 Å². The molecule has 0 unspecified atom stereocenters. The molecule has 100 valence electrons. The molecule has 0 fully saturated rings. The van der Waals surface area contributed by atoms with E-state index in [-0.39, 0.29) is 11.7 Å². The van der Waals surface area contributed by atoms with Crippen LogP contribution in [0.15, 0.2) is 18.2 Å². The van der Waals surface area contributed by atoms with E-state index < -0.39 is 0 Å². The number of benzene rings is 1. The maximum atomic E-state index is 12.3. The smallest absolute Gasteiger partial charge is 0.257 e. The Bertz CT molecular complexity index is 404. The highest BCUT2D eigenvalue weighted by Gasteiger charge is 2.19. The first-order chi connectivity index (χ1) is 8.65. The summed E-state index contributed by atoms with van der Waals surface area (Å²) in [6, 6.07) is 4.96. The van der Waals surface area contributed by atoms with Crippen molar-refractivity contribution in [2.24, 2.45) is 0 Å². The molecule has 0 aromatic heterocycles. The van der Waals surface area contributed by atoms with Gasteiger partial charge in [0.25, 0.3) is 5.91 Å². The second-order valence-electron chi connectivity index (χ2n) is 4.09. The molecule has 0 aliphatic heterocycles. The van der Waals surface area contributed by atoms with E-state index in [1.165, 1.54) is 7.11 Å². The Hall–Kier alpha value is -1.71. The van der Waals surface area contributed by atoms with Crippen molar-refractivity contribution in [1.82, 2.24) is 4.90 Å². The van der Waals surface area contributed by atoms with Crippen LogP contribution in [0.1, 0.15) is 37.0 Å². The Balaban J connectivity index is 2.94. The van der Waals surface area contributed by atoms with Crippen LogP contribution in [-0.4, -0.2) is 36.1 Å². The van der Waals surface area contributed by atoms with Crippen LogP contribution in [0.2, 0.25) is 0 Å². The van der Waals surface area contributed by atoms with E-state index in [4.69, 9.17) is 4.74 Å².